The fraction of sp³-hybridized carbons (Fsp3) is 0.650. The second kappa shape index (κ2) is 5.44. The summed E-state index contributed by atoms with van der Waals surface area (Å²) in [7, 11) is 1.74. The standard InChI is InChI=1S/C20H25ClN4O/c1-11-17(20-7-13-4-14(8-20)6-15(5-13)9-20)12(2)25(23-11)19(26)18-16(21)10-22-24(18)3/h10,13-15H,4-9H2,1-3H3. The van der Waals surface area contributed by atoms with E-state index >= 15 is 0 Å². The normalized spacial score (nSPS) is 32.4. The summed E-state index contributed by atoms with van der Waals surface area (Å²) < 4.78 is 3.09. The molecule has 4 aliphatic carbocycles. The van der Waals surface area contributed by atoms with Crippen molar-refractivity contribution in [2.24, 2.45) is 24.8 Å². The quantitative estimate of drug-likeness (QED) is 0.799. The Morgan fingerprint density at radius 1 is 1.15 bits per heavy atom. The lowest BCUT2D eigenvalue weighted by atomic mass is 9.48. The number of nitrogens with zero attached hydrogens (tertiary/aromatic N) is 4. The molecule has 4 aliphatic rings. The van der Waals surface area contributed by atoms with Gasteiger partial charge in [0.15, 0.2) is 0 Å². The maximum Gasteiger partial charge on any atom is 0.298 e. The summed E-state index contributed by atoms with van der Waals surface area (Å²) in [4.78, 5) is 13.1. The number of rotatable bonds is 2. The van der Waals surface area contributed by atoms with Crippen LogP contribution in [0.1, 0.15) is 66.0 Å². The molecule has 6 rings (SSSR count). The second-order valence-electron chi connectivity index (χ2n) is 8.93. The molecule has 2 aromatic heterocycles. The zero-order chi connectivity index (χ0) is 18.2. The van der Waals surface area contributed by atoms with Crippen LogP contribution in [0.25, 0.3) is 0 Å². The first-order valence-corrected chi connectivity index (χ1v) is 10.0. The molecule has 0 unspecified atom stereocenters. The van der Waals surface area contributed by atoms with Crippen molar-refractivity contribution in [3.05, 3.63) is 33.9 Å². The van der Waals surface area contributed by atoms with Crippen LogP contribution in [0.4, 0.5) is 0 Å². The molecule has 2 heterocycles. The number of aryl methyl sites for hydroxylation is 2. The molecule has 0 radical (unpaired) electrons. The molecule has 0 aromatic carbocycles. The molecule has 5 nitrogen and oxygen atoms in total. The van der Waals surface area contributed by atoms with E-state index < -0.39 is 0 Å². The Bertz CT molecular complexity index is 855. The molecular weight excluding hydrogens is 348 g/mol. The fourth-order valence-electron chi connectivity index (χ4n) is 6.78. The number of halogens is 1. The minimum absolute atomic E-state index is 0.188. The number of hydrogen-bond donors (Lipinski definition) is 0. The minimum Gasteiger partial charge on any atom is -0.265 e. The van der Waals surface area contributed by atoms with Crippen LogP contribution in [0, 0.1) is 31.6 Å². The summed E-state index contributed by atoms with van der Waals surface area (Å²) >= 11 is 6.20. The zero-order valence-electron chi connectivity index (χ0n) is 15.6. The molecule has 26 heavy (non-hydrogen) atoms. The van der Waals surface area contributed by atoms with E-state index in [2.05, 4.69) is 24.0 Å². The third-order valence-electron chi connectivity index (χ3n) is 7.15. The van der Waals surface area contributed by atoms with Crippen molar-refractivity contribution in [3.63, 3.8) is 0 Å². The molecule has 138 valence electrons. The largest absolute Gasteiger partial charge is 0.298 e. The van der Waals surface area contributed by atoms with Gasteiger partial charge in [0.2, 0.25) is 0 Å². The highest BCUT2D eigenvalue weighted by molar-refractivity contribution is 6.33. The highest BCUT2D eigenvalue weighted by atomic mass is 35.5. The van der Waals surface area contributed by atoms with Gasteiger partial charge in [-0.25, -0.2) is 0 Å². The average molecular weight is 373 g/mol. The summed E-state index contributed by atoms with van der Waals surface area (Å²) in [6.07, 6.45) is 9.56. The van der Waals surface area contributed by atoms with Crippen molar-refractivity contribution in [2.45, 2.75) is 57.8 Å². The van der Waals surface area contributed by atoms with E-state index in [-0.39, 0.29) is 11.3 Å². The van der Waals surface area contributed by atoms with Gasteiger partial charge in [-0.3, -0.25) is 9.48 Å². The third kappa shape index (κ3) is 2.19. The first-order valence-electron chi connectivity index (χ1n) is 9.67. The van der Waals surface area contributed by atoms with Crippen LogP contribution in [0.15, 0.2) is 6.20 Å². The molecule has 6 heteroatoms. The van der Waals surface area contributed by atoms with Crippen LogP contribution in [-0.2, 0) is 12.5 Å². The van der Waals surface area contributed by atoms with Crippen LogP contribution in [0.5, 0.6) is 0 Å². The van der Waals surface area contributed by atoms with Crippen LogP contribution < -0.4 is 0 Å². The van der Waals surface area contributed by atoms with E-state index in [0.29, 0.717) is 10.7 Å². The minimum atomic E-state index is -0.188. The number of carbonyl (C=O) groups is 1. The lowest BCUT2D eigenvalue weighted by Gasteiger charge is -2.57. The van der Waals surface area contributed by atoms with Crippen LogP contribution in [0.2, 0.25) is 5.02 Å². The molecule has 4 bridgehead atoms. The molecule has 4 saturated carbocycles. The van der Waals surface area contributed by atoms with Gasteiger partial charge in [-0.2, -0.15) is 14.9 Å². The van der Waals surface area contributed by atoms with Gasteiger partial charge in [0.05, 0.1) is 16.9 Å². The van der Waals surface area contributed by atoms with Crippen molar-refractivity contribution in [1.29, 1.82) is 0 Å². The van der Waals surface area contributed by atoms with Crippen LogP contribution in [-0.4, -0.2) is 25.5 Å². The van der Waals surface area contributed by atoms with E-state index in [0.717, 1.165) is 29.1 Å². The predicted octanol–water partition coefficient (Wildman–Crippen LogP) is 4.04. The van der Waals surface area contributed by atoms with E-state index in [9.17, 15) is 4.79 Å². The Morgan fingerprint density at radius 3 is 2.23 bits per heavy atom. The van der Waals surface area contributed by atoms with E-state index in [1.807, 2.05) is 0 Å². The zero-order valence-corrected chi connectivity index (χ0v) is 16.4. The summed E-state index contributed by atoms with van der Waals surface area (Å²) in [6, 6.07) is 0. The summed E-state index contributed by atoms with van der Waals surface area (Å²) in [5.74, 6) is 2.41. The lowest BCUT2D eigenvalue weighted by Crippen LogP contribution is -2.49. The molecule has 0 atom stereocenters. The van der Waals surface area contributed by atoms with Gasteiger partial charge in [0.1, 0.15) is 5.69 Å². The van der Waals surface area contributed by atoms with E-state index in [1.165, 1.54) is 55.0 Å². The Morgan fingerprint density at radius 2 is 1.73 bits per heavy atom. The van der Waals surface area contributed by atoms with Gasteiger partial charge < -0.3 is 0 Å². The third-order valence-corrected chi connectivity index (χ3v) is 7.43. The Labute approximate surface area is 158 Å². The van der Waals surface area contributed by atoms with Crippen molar-refractivity contribution >= 4 is 17.5 Å². The first kappa shape index (κ1) is 16.5. The smallest absolute Gasteiger partial charge is 0.265 e. The number of carbonyl (C=O) groups excluding carboxylic acids is 1. The van der Waals surface area contributed by atoms with Gasteiger partial charge in [-0.15, -0.1) is 0 Å². The van der Waals surface area contributed by atoms with Crippen molar-refractivity contribution in [1.82, 2.24) is 19.6 Å². The fourth-order valence-corrected chi connectivity index (χ4v) is 7.02. The van der Waals surface area contributed by atoms with Gasteiger partial charge in [-0.1, -0.05) is 11.6 Å². The maximum atomic E-state index is 13.1. The highest BCUT2D eigenvalue weighted by Gasteiger charge is 2.53. The SMILES string of the molecule is Cc1nn(C(=O)c2c(Cl)cnn2C)c(C)c1C12CC3CC(CC(C3)C1)C2. The van der Waals surface area contributed by atoms with Crippen LogP contribution >= 0.6 is 11.6 Å². The molecule has 0 spiro atoms. The molecule has 0 saturated heterocycles. The molecule has 2 aromatic rings. The highest BCUT2D eigenvalue weighted by Crippen LogP contribution is 2.61. The van der Waals surface area contributed by atoms with E-state index in [1.54, 1.807) is 11.7 Å². The Balaban J connectivity index is 1.59. The lowest BCUT2D eigenvalue weighted by molar-refractivity contribution is -0.00576. The number of hydrogen-bond acceptors (Lipinski definition) is 3. The summed E-state index contributed by atoms with van der Waals surface area (Å²) in [6.45, 7) is 4.12. The molecule has 0 aliphatic heterocycles. The van der Waals surface area contributed by atoms with Crippen molar-refractivity contribution in [3.8, 4) is 0 Å². The maximum absolute atomic E-state index is 13.1. The summed E-state index contributed by atoms with van der Waals surface area (Å²) in [5, 5.41) is 9.15. The van der Waals surface area contributed by atoms with Gasteiger partial charge in [-0.05, 0) is 75.5 Å². The average Bonchev–Trinajstić information content (AvgIpc) is 3.04. The summed E-state index contributed by atoms with van der Waals surface area (Å²) in [5.41, 5.74) is 3.97. The van der Waals surface area contributed by atoms with E-state index in [4.69, 9.17) is 11.6 Å². The molecule has 4 fully saturated rings. The number of aromatic nitrogens is 4. The van der Waals surface area contributed by atoms with Gasteiger partial charge >= 0.3 is 0 Å². The predicted molar refractivity (Wildman–Crippen MR) is 99.5 cm³/mol. The van der Waals surface area contributed by atoms with Crippen molar-refractivity contribution in [2.75, 3.05) is 0 Å². The second-order valence-corrected chi connectivity index (χ2v) is 9.33. The van der Waals surface area contributed by atoms with Gasteiger partial charge in [0, 0.05) is 18.3 Å². The topological polar surface area (TPSA) is 52.7 Å². The first-order chi connectivity index (χ1) is 12.4. The van der Waals surface area contributed by atoms with Crippen LogP contribution in [0.3, 0.4) is 0 Å². The van der Waals surface area contributed by atoms with Gasteiger partial charge in [0.25, 0.3) is 5.91 Å². The Kier molecular flexibility index (Phi) is 3.46. The molecule has 0 N–H and O–H groups in total. The Hall–Kier alpha value is -1.62. The molecule has 0 amide bonds. The monoisotopic (exact) mass is 372 g/mol. The molecular formula is C20H25ClN4O. The van der Waals surface area contributed by atoms with Crippen molar-refractivity contribution < 1.29 is 4.79 Å².